The average molecular weight is 346 g/mol. The van der Waals surface area contributed by atoms with Gasteiger partial charge in [-0.25, -0.2) is 0 Å². The third-order valence-electron chi connectivity index (χ3n) is 3.06. The number of aromatic nitrogens is 3. The van der Waals surface area contributed by atoms with E-state index in [4.69, 9.17) is 39.5 Å². The second-order valence-corrected chi connectivity index (χ2v) is 5.74. The molecule has 0 radical (unpaired) electrons. The van der Waals surface area contributed by atoms with Crippen LogP contribution >= 0.6 is 34.8 Å². The first-order valence-electron chi connectivity index (χ1n) is 6.41. The summed E-state index contributed by atoms with van der Waals surface area (Å²) in [5.74, 6) is 0.888. The lowest BCUT2D eigenvalue weighted by atomic mass is 10.3. The molecule has 0 N–H and O–H groups in total. The highest BCUT2D eigenvalue weighted by molar-refractivity contribution is 6.34. The fraction of sp³-hybridized carbons (Fsp3) is 0.308. The number of halogens is 3. The molecule has 2 aromatic rings. The fourth-order valence-corrected chi connectivity index (χ4v) is 2.55. The summed E-state index contributed by atoms with van der Waals surface area (Å²) in [7, 11) is 0. The first-order chi connectivity index (χ1) is 10.1. The molecule has 8 heteroatoms. The SMILES string of the molecule is Clc1ccc(Cl)c(Oc2nc(Cl)nc(N3CCCC3)n2)c1. The molecule has 2 heterocycles. The van der Waals surface area contributed by atoms with Crippen molar-refractivity contribution in [1.29, 1.82) is 0 Å². The van der Waals surface area contributed by atoms with E-state index in [0.29, 0.717) is 21.7 Å². The Morgan fingerprint density at radius 3 is 2.52 bits per heavy atom. The first kappa shape index (κ1) is 14.6. The summed E-state index contributed by atoms with van der Waals surface area (Å²) >= 11 is 17.9. The molecule has 0 bridgehead atoms. The van der Waals surface area contributed by atoms with E-state index in [2.05, 4.69) is 15.0 Å². The zero-order chi connectivity index (χ0) is 14.8. The molecule has 0 spiro atoms. The molecule has 5 nitrogen and oxygen atoms in total. The van der Waals surface area contributed by atoms with Gasteiger partial charge >= 0.3 is 6.01 Å². The van der Waals surface area contributed by atoms with Gasteiger partial charge in [0.15, 0.2) is 5.75 Å². The molecule has 1 aromatic carbocycles. The lowest BCUT2D eigenvalue weighted by molar-refractivity contribution is 0.439. The molecule has 0 aliphatic carbocycles. The van der Waals surface area contributed by atoms with E-state index in [-0.39, 0.29) is 11.3 Å². The Morgan fingerprint density at radius 2 is 1.76 bits per heavy atom. The minimum absolute atomic E-state index is 0.0834. The van der Waals surface area contributed by atoms with Gasteiger partial charge in [0.2, 0.25) is 11.2 Å². The predicted octanol–water partition coefficient (Wildman–Crippen LogP) is 4.22. The quantitative estimate of drug-likeness (QED) is 0.833. The number of nitrogens with zero attached hydrogens (tertiary/aromatic N) is 4. The minimum Gasteiger partial charge on any atom is -0.422 e. The summed E-state index contributed by atoms with van der Waals surface area (Å²) in [5.41, 5.74) is 0. The van der Waals surface area contributed by atoms with Gasteiger partial charge in [-0.3, -0.25) is 0 Å². The van der Waals surface area contributed by atoms with Gasteiger partial charge in [0.25, 0.3) is 0 Å². The molecule has 0 unspecified atom stereocenters. The van der Waals surface area contributed by atoms with Crippen molar-refractivity contribution in [3.8, 4) is 11.8 Å². The van der Waals surface area contributed by atoms with Gasteiger partial charge < -0.3 is 9.64 Å². The molecule has 21 heavy (non-hydrogen) atoms. The standard InChI is InChI=1S/C13H11Cl3N4O/c14-8-3-4-9(15)10(7-8)21-13-18-11(16)17-12(19-13)20-5-1-2-6-20/h3-4,7H,1-2,5-6H2. The Hall–Kier alpha value is -1.30. The van der Waals surface area contributed by atoms with E-state index in [0.717, 1.165) is 25.9 Å². The lowest BCUT2D eigenvalue weighted by Crippen LogP contribution is -2.21. The van der Waals surface area contributed by atoms with Crippen LogP contribution in [0.2, 0.25) is 15.3 Å². The maximum atomic E-state index is 6.05. The summed E-state index contributed by atoms with van der Waals surface area (Å²) in [5, 5.41) is 1.01. The van der Waals surface area contributed by atoms with Crippen molar-refractivity contribution in [2.45, 2.75) is 12.8 Å². The van der Waals surface area contributed by atoms with Crippen LogP contribution in [0.1, 0.15) is 12.8 Å². The second-order valence-electron chi connectivity index (χ2n) is 4.56. The smallest absolute Gasteiger partial charge is 0.328 e. The van der Waals surface area contributed by atoms with E-state index in [9.17, 15) is 0 Å². The molecule has 0 atom stereocenters. The van der Waals surface area contributed by atoms with Crippen molar-refractivity contribution < 1.29 is 4.74 Å². The first-order valence-corrected chi connectivity index (χ1v) is 7.54. The molecular weight excluding hydrogens is 335 g/mol. The zero-order valence-corrected chi connectivity index (χ0v) is 13.2. The van der Waals surface area contributed by atoms with Crippen LogP contribution in [0.5, 0.6) is 11.8 Å². The van der Waals surface area contributed by atoms with Gasteiger partial charge in [-0.2, -0.15) is 15.0 Å². The molecule has 0 amide bonds. The van der Waals surface area contributed by atoms with E-state index in [1.165, 1.54) is 0 Å². The normalized spacial score (nSPS) is 14.5. The molecule has 1 aliphatic heterocycles. The van der Waals surface area contributed by atoms with Crippen molar-refractivity contribution in [2.75, 3.05) is 18.0 Å². The number of hydrogen-bond acceptors (Lipinski definition) is 5. The predicted molar refractivity (Wildman–Crippen MR) is 82.8 cm³/mol. The van der Waals surface area contributed by atoms with Gasteiger partial charge in [-0.15, -0.1) is 0 Å². The Labute approximate surface area is 136 Å². The topological polar surface area (TPSA) is 51.1 Å². The minimum atomic E-state index is 0.0834. The zero-order valence-electron chi connectivity index (χ0n) is 10.9. The lowest BCUT2D eigenvalue weighted by Gasteiger charge is -2.15. The number of rotatable bonds is 3. The number of benzene rings is 1. The van der Waals surface area contributed by atoms with E-state index < -0.39 is 0 Å². The molecule has 1 aliphatic rings. The van der Waals surface area contributed by atoms with Crippen molar-refractivity contribution in [1.82, 2.24) is 15.0 Å². The van der Waals surface area contributed by atoms with E-state index in [1.807, 2.05) is 4.90 Å². The van der Waals surface area contributed by atoms with Gasteiger partial charge in [0.05, 0.1) is 5.02 Å². The maximum Gasteiger partial charge on any atom is 0.328 e. The Morgan fingerprint density at radius 1 is 1.00 bits per heavy atom. The van der Waals surface area contributed by atoms with Crippen LogP contribution in [-0.2, 0) is 0 Å². The van der Waals surface area contributed by atoms with Gasteiger partial charge in [0, 0.05) is 24.2 Å². The van der Waals surface area contributed by atoms with Gasteiger partial charge in [0.1, 0.15) is 0 Å². The largest absolute Gasteiger partial charge is 0.422 e. The van der Waals surface area contributed by atoms with Crippen molar-refractivity contribution in [2.24, 2.45) is 0 Å². The average Bonchev–Trinajstić information content (AvgIpc) is 2.96. The maximum absolute atomic E-state index is 6.05. The van der Waals surface area contributed by atoms with Crippen LogP contribution in [0, 0.1) is 0 Å². The number of ether oxygens (including phenoxy) is 1. The molecule has 1 fully saturated rings. The highest BCUT2D eigenvalue weighted by Crippen LogP contribution is 2.31. The van der Waals surface area contributed by atoms with Gasteiger partial charge in [-0.1, -0.05) is 23.2 Å². The van der Waals surface area contributed by atoms with E-state index in [1.54, 1.807) is 18.2 Å². The van der Waals surface area contributed by atoms with Crippen molar-refractivity contribution in [3.63, 3.8) is 0 Å². The summed E-state index contributed by atoms with van der Waals surface area (Å²) in [4.78, 5) is 14.4. The molecule has 1 saturated heterocycles. The molecular formula is C13H11Cl3N4O. The van der Waals surface area contributed by atoms with Crippen LogP contribution in [0.15, 0.2) is 18.2 Å². The summed E-state index contributed by atoms with van der Waals surface area (Å²) in [6.07, 6.45) is 2.22. The van der Waals surface area contributed by atoms with E-state index >= 15 is 0 Å². The van der Waals surface area contributed by atoms with Crippen molar-refractivity contribution >= 4 is 40.8 Å². The summed E-state index contributed by atoms with van der Waals surface area (Å²) < 4.78 is 5.58. The molecule has 3 rings (SSSR count). The third-order valence-corrected chi connectivity index (χ3v) is 3.78. The van der Waals surface area contributed by atoms with Crippen LogP contribution < -0.4 is 9.64 Å². The second kappa shape index (κ2) is 6.22. The van der Waals surface area contributed by atoms with Crippen LogP contribution in [-0.4, -0.2) is 28.0 Å². The number of anilines is 1. The van der Waals surface area contributed by atoms with Crippen LogP contribution in [0.25, 0.3) is 0 Å². The van der Waals surface area contributed by atoms with Crippen LogP contribution in [0.4, 0.5) is 5.95 Å². The Bertz CT molecular complexity index is 662. The molecule has 0 saturated carbocycles. The monoisotopic (exact) mass is 344 g/mol. The van der Waals surface area contributed by atoms with Crippen molar-refractivity contribution in [3.05, 3.63) is 33.5 Å². The summed E-state index contributed by atoms with van der Waals surface area (Å²) in [6, 6.07) is 5.01. The molecule has 110 valence electrons. The number of hydrogen-bond donors (Lipinski definition) is 0. The fourth-order valence-electron chi connectivity index (χ4n) is 2.08. The highest BCUT2D eigenvalue weighted by atomic mass is 35.5. The summed E-state index contributed by atoms with van der Waals surface area (Å²) in [6.45, 7) is 1.80. The third kappa shape index (κ3) is 3.48. The Kier molecular flexibility index (Phi) is 4.33. The molecule has 1 aromatic heterocycles. The van der Waals surface area contributed by atoms with Gasteiger partial charge in [-0.05, 0) is 36.6 Å². The highest BCUT2D eigenvalue weighted by Gasteiger charge is 2.18. The Balaban J connectivity index is 1.89. The van der Waals surface area contributed by atoms with Crippen LogP contribution in [0.3, 0.4) is 0 Å².